The Morgan fingerprint density at radius 3 is 2.44 bits per heavy atom. The molecule has 0 aliphatic carbocycles. The second-order valence-corrected chi connectivity index (χ2v) is 6.89. The van der Waals surface area contributed by atoms with Gasteiger partial charge in [0, 0.05) is 32.1 Å². The molecule has 138 valence electrons. The van der Waals surface area contributed by atoms with Gasteiger partial charge in [-0.3, -0.25) is 4.99 Å². The summed E-state index contributed by atoms with van der Waals surface area (Å²) in [6.45, 7) is 3.82. The summed E-state index contributed by atoms with van der Waals surface area (Å²) in [6, 6.07) is 14.5. The molecule has 0 bridgehead atoms. The van der Waals surface area contributed by atoms with Crippen LogP contribution in [0.1, 0.15) is 23.5 Å². The molecule has 2 N–H and O–H groups in total. The Morgan fingerprint density at radius 1 is 1.12 bits per heavy atom. The zero-order chi connectivity index (χ0) is 17.2. The Kier molecular flexibility index (Phi) is 10.8. The van der Waals surface area contributed by atoms with E-state index in [1.54, 1.807) is 14.2 Å². The van der Waals surface area contributed by atoms with Gasteiger partial charge < -0.3 is 15.4 Å². The van der Waals surface area contributed by atoms with E-state index in [1.165, 1.54) is 4.88 Å². The predicted octanol–water partition coefficient (Wildman–Crippen LogP) is 4.10. The van der Waals surface area contributed by atoms with Gasteiger partial charge in [-0.05, 0) is 29.3 Å². The Hall–Kier alpha value is -1.12. The number of hydrogen-bond acceptors (Lipinski definition) is 3. The van der Waals surface area contributed by atoms with Crippen LogP contribution < -0.4 is 10.6 Å². The number of ether oxygens (including phenoxy) is 1. The highest BCUT2D eigenvalue weighted by Crippen LogP contribution is 2.15. The fourth-order valence-corrected chi connectivity index (χ4v) is 3.40. The molecule has 0 saturated carbocycles. The van der Waals surface area contributed by atoms with Crippen molar-refractivity contribution in [2.75, 3.05) is 27.2 Å². The Bertz CT molecular complexity index is 604. The van der Waals surface area contributed by atoms with Crippen LogP contribution >= 0.6 is 35.3 Å². The molecule has 1 aromatic heterocycles. The van der Waals surface area contributed by atoms with E-state index in [4.69, 9.17) is 4.74 Å². The van der Waals surface area contributed by atoms with Crippen LogP contribution in [0, 0.1) is 5.92 Å². The highest BCUT2D eigenvalue weighted by Gasteiger charge is 2.11. The van der Waals surface area contributed by atoms with Crippen molar-refractivity contribution in [3.05, 3.63) is 58.3 Å². The van der Waals surface area contributed by atoms with Crippen molar-refractivity contribution in [3.8, 4) is 0 Å². The highest BCUT2D eigenvalue weighted by atomic mass is 127. The van der Waals surface area contributed by atoms with E-state index in [9.17, 15) is 0 Å². The Labute approximate surface area is 172 Å². The van der Waals surface area contributed by atoms with Crippen molar-refractivity contribution >= 4 is 41.3 Å². The number of rotatable bonds is 8. The molecule has 0 spiro atoms. The molecule has 0 saturated heterocycles. The van der Waals surface area contributed by atoms with Gasteiger partial charge in [0.2, 0.25) is 0 Å². The maximum atomic E-state index is 5.58. The lowest BCUT2D eigenvalue weighted by molar-refractivity contribution is 0.106. The number of halogens is 1. The number of nitrogens with zero attached hydrogens (tertiary/aromatic N) is 1. The summed E-state index contributed by atoms with van der Waals surface area (Å²) in [6.07, 6.45) is 1.10. The van der Waals surface area contributed by atoms with Crippen molar-refractivity contribution in [1.29, 1.82) is 0 Å². The van der Waals surface area contributed by atoms with E-state index in [2.05, 4.69) is 52.2 Å². The highest BCUT2D eigenvalue weighted by molar-refractivity contribution is 14.0. The number of methoxy groups -OCH3 is 1. The minimum Gasteiger partial charge on any atom is -0.375 e. The molecule has 0 amide bonds. The first-order chi connectivity index (χ1) is 11.7. The van der Waals surface area contributed by atoms with Gasteiger partial charge in [0.25, 0.3) is 0 Å². The van der Waals surface area contributed by atoms with Gasteiger partial charge in [-0.25, -0.2) is 0 Å². The summed E-state index contributed by atoms with van der Waals surface area (Å²) >= 11 is 1.82. The molecule has 6 heteroatoms. The van der Waals surface area contributed by atoms with Crippen LogP contribution in [0.15, 0.2) is 52.8 Å². The summed E-state index contributed by atoms with van der Waals surface area (Å²) in [5.74, 6) is 1.36. The second-order valence-electron chi connectivity index (χ2n) is 5.86. The number of hydrogen-bond donors (Lipinski definition) is 2. The van der Waals surface area contributed by atoms with Crippen LogP contribution in [0.3, 0.4) is 0 Å². The second kappa shape index (κ2) is 12.3. The van der Waals surface area contributed by atoms with Gasteiger partial charge in [0.15, 0.2) is 5.96 Å². The summed E-state index contributed by atoms with van der Waals surface area (Å²) in [5, 5.41) is 8.88. The van der Waals surface area contributed by atoms with Crippen molar-refractivity contribution in [1.82, 2.24) is 10.6 Å². The van der Waals surface area contributed by atoms with Gasteiger partial charge in [-0.15, -0.1) is 35.3 Å². The molecule has 2 rings (SSSR count). The van der Waals surface area contributed by atoms with Crippen molar-refractivity contribution < 1.29 is 4.74 Å². The van der Waals surface area contributed by atoms with E-state index in [0.29, 0.717) is 12.5 Å². The van der Waals surface area contributed by atoms with E-state index in [-0.39, 0.29) is 30.1 Å². The molecular weight excluding hydrogens is 445 g/mol. The van der Waals surface area contributed by atoms with E-state index < -0.39 is 0 Å². The minimum atomic E-state index is 0. The smallest absolute Gasteiger partial charge is 0.191 e. The van der Waals surface area contributed by atoms with Gasteiger partial charge in [0.1, 0.15) is 0 Å². The van der Waals surface area contributed by atoms with Gasteiger partial charge in [0.05, 0.1) is 6.10 Å². The fourth-order valence-electron chi connectivity index (χ4n) is 2.53. The topological polar surface area (TPSA) is 45.7 Å². The molecule has 4 nitrogen and oxygen atoms in total. The summed E-state index contributed by atoms with van der Waals surface area (Å²) in [4.78, 5) is 5.73. The predicted molar refractivity (Wildman–Crippen MR) is 118 cm³/mol. The van der Waals surface area contributed by atoms with E-state index >= 15 is 0 Å². The summed E-state index contributed by atoms with van der Waals surface area (Å²) < 4.78 is 5.58. The van der Waals surface area contributed by atoms with E-state index in [0.717, 1.165) is 24.5 Å². The van der Waals surface area contributed by atoms with Crippen LogP contribution in [-0.4, -0.2) is 33.2 Å². The number of aliphatic imine (C=N–C) groups is 1. The Morgan fingerprint density at radius 2 is 1.84 bits per heavy atom. The Balaban J connectivity index is 0.00000312. The molecule has 25 heavy (non-hydrogen) atoms. The number of nitrogens with one attached hydrogen (secondary N) is 2. The molecule has 0 fully saturated rings. The molecule has 2 atom stereocenters. The third-order valence-corrected chi connectivity index (χ3v) is 4.78. The maximum absolute atomic E-state index is 5.58. The van der Waals surface area contributed by atoms with Gasteiger partial charge in [-0.2, -0.15) is 0 Å². The zero-order valence-electron chi connectivity index (χ0n) is 15.1. The molecule has 1 heterocycles. The minimum absolute atomic E-state index is 0. The molecule has 2 unspecified atom stereocenters. The lowest BCUT2D eigenvalue weighted by Crippen LogP contribution is -2.41. The SMILES string of the molecule is CN=C(NCC(C)Cc1cccs1)NCC(OC)c1ccccc1.I. The average Bonchev–Trinajstić information content (AvgIpc) is 3.12. The molecule has 1 aromatic carbocycles. The van der Waals surface area contributed by atoms with Crippen LogP contribution in [0.2, 0.25) is 0 Å². The first-order valence-corrected chi connectivity index (χ1v) is 9.15. The number of benzene rings is 1. The molecule has 0 aliphatic heterocycles. The summed E-state index contributed by atoms with van der Waals surface area (Å²) in [5.41, 5.74) is 1.16. The van der Waals surface area contributed by atoms with Gasteiger partial charge >= 0.3 is 0 Å². The average molecular weight is 473 g/mol. The quantitative estimate of drug-likeness (QED) is 0.345. The first kappa shape index (κ1) is 21.9. The van der Waals surface area contributed by atoms with Crippen LogP contribution in [0.4, 0.5) is 0 Å². The molecule has 0 aliphatic rings. The van der Waals surface area contributed by atoms with E-state index in [1.807, 2.05) is 29.5 Å². The standard InChI is InChI=1S/C19H27N3OS.HI/c1-15(12-17-10-7-11-24-17)13-21-19(20-2)22-14-18(23-3)16-8-5-4-6-9-16;/h4-11,15,18H,12-14H2,1-3H3,(H2,20,21,22);1H. The summed E-state index contributed by atoms with van der Waals surface area (Å²) in [7, 11) is 3.53. The number of thiophene rings is 1. The third-order valence-electron chi connectivity index (χ3n) is 3.88. The van der Waals surface area contributed by atoms with Crippen molar-refractivity contribution in [3.63, 3.8) is 0 Å². The fraction of sp³-hybridized carbons (Fsp3) is 0.421. The first-order valence-electron chi connectivity index (χ1n) is 8.27. The number of guanidine groups is 1. The van der Waals surface area contributed by atoms with Crippen molar-refractivity contribution in [2.24, 2.45) is 10.9 Å². The monoisotopic (exact) mass is 473 g/mol. The molecule has 0 radical (unpaired) electrons. The lowest BCUT2D eigenvalue weighted by Gasteiger charge is -2.20. The van der Waals surface area contributed by atoms with Crippen LogP contribution in [0.5, 0.6) is 0 Å². The zero-order valence-corrected chi connectivity index (χ0v) is 18.2. The van der Waals surface area contributed by atoms with Gasteiger partial charge in [-0.1, -0.05) is 43.3 Å². The van der Waals surface area contributed by atoms with Crippen LogP contribution in [0.25, 0.3) is 0 Å². The third kappa shape index (κ3) is 7.75. The normalized spacial score (nSPS) is 13.6. The van der Waals surface area contributed by atoms with Crippen molar-refractivity contribution in [2.45, 2.75) is 19.4 Å². The maximum Gasteiger partial charge on any atom is 0.191 e. The molecular formula is C19H28IN3OS. The molecule has 2 aromatic rings. The van der Waals surface area contributed by atoms with Crippen LogP contribution in [-0.2, 0) is 11.2 Å². The largest absolute Gasteiger partial charge is 0.375 e. The lowest BCUT2D eigenvalue weighted by atomic mass is 10.1.